The second-order valence-electron chi connectivity index (χ2n) is 3.32. The van der Waals surface area contributed by atoms with Gasteiger partial charge >= 0.3 is 11.9 Å². The number of hydrogen-bond acceptors (Lipinski definition) is 5. The normalized spacial score (nSPS) is 24.1. The Balaban J connectivity index is 2.22. The van der Waals surface area contributed by atoms with Gasteiger partial charge in [0, 0.05) is 23.7 Å². The fraction of sp³-hybridized carbons (Fsp3) is 0.300. The van der Waals surface area contributed by atoms with Gasteiger partial charge in [0.1, 0.15) is 0 Å². The summed E-state index contributed by atoms with van der Waals surface area (Å²) < 4.78 is 4.92. The molecule has 84 valence electrons. The van der Waals surface area contributed by atoms with Crippen LogP contribution in [0.1, 0.15) is 12.8 Å². The predicted molar refractivity (Wildman–Crippen MR) is 55.8 cm³/mol. The maximum absolute atomic E-state index is 11.2. The first-order chi connectivity index (χ1) is 7.62. The van der Waals surface area contributed by atoms with Crippen LogP contribution in [0.4, 0.5) is 0 Å². The van der Waals surface area contributed by atoms with E-state index in [1.54, 1.807) is 24.5 Å². The summed E-state index contributed by atoms with van der Waals surface area (Å²) >= 11 is 1.03. The molecule has 0 amide bonds. The quantitative estimate of drug-likeness (QED) is 0.801. The minimum atomic E-state index is -1.47. The highest BCUT2D eigenvalue weighted by molar-refractivity contribution is 8.01. The molecule has 0 aromatic carbocycles. The molecule has 1 aromatic rings. The molecule has 1 aliphatic rings. The van der Waals surface area contributed by atoms with Gasteiger partial charge in [-0.05, 0) is 12.1 Å². The van der Waals surface area contributed by atoms with E-state index in [0.717, 1.165) is 11.8 Å². The van der Waals surface area contributed by atoms with Crippen molar-refractivity contribution in [1.82, 2.24) is 4.98 Å². The molecular formula is C10H9NO4S. The van der Waals surface area contributed by atoms with Crippen molar-refractivity contribution in [2.24, 2.45) is 0 Å². The summed E-state index contributed by atoms with van der Waals surface area (Å²) in [5.74, 6) is -1.59. The van der Waals surface area contributed by atoms with Crippen molar-refractivity contribution in [3.8, 4) is 0 Å². The van der Waals surface area contributed by atoms with Crippen LogP contribution in [0, 0.1) is 0 Å². The highest BCUT2D eigenvalue weighted by Gasteiger charge is 2.48. The topological polar surface area (TPSA) is 76.5 Å². The predicted octanol–water partition coefficient (Wildman–Crippen LogP) is 1.29. The number of rotatable bonds is 3. The Morgan fingerprint density at radius 3 is 2.69 bits per heavy atom. The standard InChI is InChI=1S/C10H9NO4S/c12-8-1-4-10(15-8,9(13)14)16-7-2-5-11-6-3-7/h2-3,5-6H,1,4H2,(H,13,14). The minimum Gasteiger partial charge on any atom is -0.478 e. The van der Waals surface area contributed by atoms with Crippen molar-refractivity contribution in [2.75, 3.05) is 0 Å². The molecule has 1 fully saturated rings. The van der Waals surface area contributed by atoms with Crippen LogP contribution in [0.5, 0.6) is 0 Å². The van der Waals surface area contributed by atoms with Gasteiger partial charge in [-0.25, -0.2) is 4.79 Å². The Labute approximate surface area is 95.8 Å². The van der Waals surface area contributed by atoms with Crippen molar-refractivity contribution in [2.45, 2.75) is 22.7 Å². The fourth-order valence-corrected chi connectivity index (χ4v) is 2.48. The van der Waals surface area contributed by atoms with Crippen molar-refractivity contribution in [3.63, 3.8) is 0 Å². The number of aromatic nitrogens is 1. The van der Waals surface area contributed by atoms with Gasteiger partial charge < -0.3 is 9.84 Å². The Morgan fingerprint density at radius 2 is 2.19 bits per heavy atom. The molecule has 1 unspecified atom stereocenters. The van der Waals surface area contributed by atoms with E-state index in [1.165, 1.54) is 0 Å². The molecule has 0 radical (unpaired) electrons. The van der Waals surface area contributed by atoms with E-state index in [1.807, 2.05) is 0 Å². The average Bonchev–Trinajstić information content (AvgIpc) is 2.63. The lowest BCUT2D eigenvalue weighted by atomic mass is 10.2. The number of esters is 1. The molecule has 1 saturated heterocycles. The zero-order valence-electron chi connectivity index (χ0n) is 8.25. The third-order valence-electron chi connectivity index (χ3n) is 2.20. The Bertz CT molecular complexity index is 422. The van der Waals surface area contributed by atoms with Crippen molar-refractivity contribution >= 4 is 23.7 Å². The summed E-state index contributed by atoms with van der Waals surface area (Å²) in [7, 11) is 0. The van der Waals surface area contributed by atoms with Gasteiger partial charge in [0.25, 0.3) is 4.93 Å². The average molecular weight is 239 g/mol. The summed E-state index contributed by atoms with van der Waals surface area (Å²) in [6, 6.07) is 3.36. The largest absolute Gasteiger partial charge is 0.478 e. The van der Waals surface area contributed by atoms with E-state index in [9.17, 15) is 9.59 Å². The van der Waals surface area contributed by atoms with Gasteiger partial charge in [-0.15, -0.1) is 0 Å². The van der Waals surface area contributed by atoms with E-state index < -0.39 is 16.9 Å². The lowest BCUT2D eigenvalue weighted by Gasteiger charge is -2.21. The van der Waals surface area contributed by atoms with Gasteiger partial charge in [-0.1, -0.05) is 11.8 Å². The number of carboxylic acid groups (broad SMARTS) is 1. The number of pyridine rings is 1. The SMILES string of the molecule is O=C1CCC(Sc2ccncc2)(C(=O)O)O1. The number of cyclic esters (lactones) is 1. The molecular weight excluding hydrogens is 230 g/mol. The number of ether oxygens (including phenoxy) is 1. The third-order valence-corrected chi connectivity index (χ3v) is 3.49. The van der Waals surface area contributed by atoms with Crippen LogP contribution in [0.15, 0.2) is 29.4 Å². The Hall–Kier alpha value is -1.56. The van der Waals surface area contributed by atoms with Gasteiger partial charge in [0.15, 0.2) is 0 Å². The molecule has 1 aromatic heterocycles. The summed E-state index contributed by atoms with van der Waals surface area (Å²) in [4.78, 5) is 25.3. The molecule has 1 N–H and O–H groups in total. The van der Waals surface area contributed by atoms with Crippen LogP contribution in [-0.4, -0.2) is 27.0 Å². The number of nitrogens with zero attached hydrogens (tertiary/aromatic N) is 1. The summed E-state index contributed by atoms with van der Waals surface area (Å²) in [6.07, 6.45) is 3.46. The summed E-state index contributed by atoms with van der Waals surface area (Å²) in [6.45, 7) is 0. The first kappa shape index (κ1) is 10.9. The minimum absolute atomic E-state index is 0.143. The van der Waals surface area contributed by atoms with E-state index >= 15 is 0 Å². The van der Waals surface area contributed by atoms with E-state index in [2.05, 4.69) is 4.98 Å². The zero-order chi connectivity index (χ0) is 11.6. The number of carbonyl (C=O) groups is 2. The number of aliphatic carboxylic acids is 1. The van der Waals surface area contributed by atoms with Crippen LogP contribution in [0.25, 0.3) is 0 Å². The molecule has 16 heavy (non-hydrogen) atoms. The fourth-order valence-electron chi connectivity index (χ4n) is 1.42. The lowest BCUT2D eigenvalue weighted by molar-refractivity contribution is -0.160. The highest BCUT2D eigenvalue weighted by atomic mass is 32.2. The van der Waals surface area contributed by atoms with E-state index in [4.69, 9.17) is 9.84 Å². The molecule has 2 heterocycles. The maximum atomic E-state index is 11.2. The number of hydrogen-bond donors (Lipinski definition) is 1. The van der Waals surface area contributed by atoms with Crippen LogP contribution in [-0.2, 0) is 14.3 Å². The molecule has 0 bridgehead atoms. The summed E-state index contributed by atoms with van der Waals surface area (Å²) in [5, 5.41) is 9.13. The number of carboxylic acids is 1. The van der Waals surface area contributed by atoms with Gasteiger partial charge in [0.2, 0.25) is 0 Å². The van der Waals surface area contributed by atoms with Gasteiger partial charge in [0.05, 0.1) is 6.42 Å². The van der Waals surface area contributed by atoms with Crippen LogP contribution >= 0.6 is 11.8 Å². The molecule has 0 spiro atoms. The molecule has 1 atom stereocenters. The smallest absolute Gasteiger partial charge is 0.359 e. The van der Waals surface area contributed by atoms with Gasteiger partial charge in [-0.3, -0.25) is 9.78 Å². The molecule has 0 saturated carbocycles. The highest BCUT2D eigenvalue weighted by Crippen LogP contribution is 2.41. The molecule has 2 rings (SSSR count). The molecule has 6 heteroatoms. The number of thioether (sulfide) groups is 1. The molecule has 0 aliphatic carbocycles. The van der Waals surface area contributed by atoms with E-state index in [-0.39, 0.29) is 12.8 Å². The summed E-state index contributed by atoms with van der Waals surface area (Å²) in [5.41, 5.74) is 0. The number of carbonyl (C=O) groups excluding carboxylic acids is 1. The molecule has 1 aliphatic heterocycles. The van der Waals surface area contributed by atoms with Crippen molar-refractivity contribution in [1.29, 1.82) is 0 Å². The van der Waals surface area contributed by atoms with E-state index in [0.29, 0.717) is 4.90 Å². The monoisotopic (exact) mass is 239 g/mol. The second-order valence-corrected chi connectivity index (χ2v) is 4.65. The Kier molecular flexibility index (Phi) is 2.82. The lowest BCUT2D eigenvalue weighted by Crippen LogP contribution is -2.34. The first-order valence-electron chi connectivity index (χ1n) is 4.67. The van der Waals surface area contributed by atoms with Crippen molar-refractivity contribution in [3.05, 3.63) is 24.5 Å². The molecule has 5 nitrogen and oxygen atoms in total. The zero-order valence-corrected chi connectivity index (χ0v) is 9.07. The van der Waals surface area contributed by atoms with Gasteiger partial charge in [-0.2, -0.15) is 0 Å². The maximum Gasteiger partial charge on any atom is 0.359 e. The van der Waals surface area contributed by atoms with Crippen LogP contribution in [0.3, 0.4) is 0 Å². The van der Waals surface area contributed by atoms with Crippen LogP contribution in [0.2, 0.25) is 0 Å². The first-order valence-corrected chi connectivity index (χ1v) is 5.48. The third kappa shape index (κ3) is 2.01. The second kappa shape index (κ2) is 4.13. The van der Waals surface area contributed by atoms with Crippen molar-refractivity contribution < 1.29 is 19.4 Å². The van der Waals surface area contributed by atoms with Crippen LogP contribution < -0.4 is 0 Å². The Morgan fingerprint density at radius 1 is 1.50 bits per heavy atom.